The predicted molar refractivity (Wildman–Crippen MR) is 70.2 cm³/mol. The van der Waals surface area contributed by atoms with Crippen LogP contribution in [0.5, 0.6) is 0 Å². The zero-order valence-electron chi connectivity index (χ0n) is 9.47. The van der Waals surface area contributed by atoms with E-state index in [0.29, 0.717) is 0 Å². The smallest absolute Gasteiger partial charge is 0.0795 e. The summed E-state index contributed by atoms with van der Waals surface area (Å²) in [7, 11) is 4.08. The molecule has 1 heterocycles. The number of rotatable bonds is 4. The van der Waals surface area contributed by atoms with Crippen molar-refractivity contribution in [3.63, 3.8) is 0 Å². The van der Waals surface area contributed by atoms with Crippen molar-refractivity contribution in [2.45, 2.75) is 6.54 Å². The molecule has 0 aliphatic rings. The van der Waals surface area contributed by atoms with E-state index < -0.39 is 0 Å². The van der Waals surface area contributed by atoms with E-state index in [1.54, 1.807) is 11.3 Å². The van der Waals surface area contributed by atoms with Gasteiger partial charge in [-0.25, -0.2) is 4.98 Å². The van der Waals surface area contributed by atoms with Crippen LogP contribution < -0.4 is 10.2 Å². The molecule has 0 saturated carbocycles. The first-order valence-electron chi connectivity index (χ1n) is 5.14. The van der Waals surface area contributed by atoms with Crippen molar-refractivity contribution < 1.29 is 0 Å². The van der Waals surface area contributed by atoms with Crippen LogP contribution in [0.3, 0.4) is 0 Å². The highest BCUT2D eigenvalue weighted by molar-refractivity contribution is 7.07. The summed E-state index contributed by atoms with van der Waals surface area (Å²) in [5.74, 6) is 0. The Hall–Kier alpha value is -1.55. The van der Waals surface area contributed by atoms with Gasteiger partial charge >= 0.3 is 0 Å². The average molecular weight is 233 g/mol. The summed E-state index contributed by atoms with van der Waals surface area (Å²) in [6.07, 6.45) is 0. The molecular formula is C12H15N3S. The lowest BCUT2D eigenvalue weighted by Gasteiger charge is -2.14. The van der Waals surface area contributed by atoms with E-state index >= 15 is 0 Å². The lowest BCUT2D eigenvalue weighted by molar-refractivity contribution is 1.07. The van der Waals surface area contributed by atoms with Gasteiger partial charge in [0.2, 0.25) is 0 Å². The van der Waals surface area contributed by atoms with E-state index in [4.69, 9.17) is 0 Å². The Morgan fingerprint density at radius 2 is 2.25 bits per heavy atom. The third-order valence-electron chi connectivity index (χ3n) is 2.32. The first kappa shape index (κ1) is 11.0. The number of hydrogen-bond acceptors (Lipinski definition) is 4. The number of anilines is 2. The van der Waals surface area contributed by atoms with Crippen LogP contribution in [-0.2, 0) is 6.54 Å². The molecule has 0 aliphatic carbocycles. The van der Waals surface area contributed by atoms with E-state index in [9.17, 15) is 0 Å². The Balaban J connectivity index is 2.01. The largest absolute Gasteiger partial charge is 0.379 e. The Kier molecular flexibility index (Phi) is 3.41. The monoisotopic (exact) mass is 233 g/mol. The molecule has 0 aliphatic heterocycles. The molecule has 0 bridgehead atoms. The van der Waals surface area contributed by atoms with Crippen LogP contribution in [0.25, 0.3) is 0 Å². The third kappa shape index (κ3) is 2.73. The fourth-order valence-corrected chi connectivity index (χ4v) is 1.97. The van der Waals surface area contributed by atoms with Gasteiger partial charge in [0.15, 0.2) is 0 Å². The SMILES string of the molecule is CN(C)c1cccc(NCc2cscn2)c1. The van der Waals surface area contributed by atoms with E-state index in [0.717, 1.165) is 17.9 Å². The van der Waals surface area contributed by atoms with Gasteiger partial charge < -0.3 is 10.2 Å². The normalized spacial score (nSPS) is 10.1. The van der Waals surface area contributed by atoms with Crippen molar-refractivity contribution in [1.29, 1.82) is 0 Å². The quantitative estimate of drug-likeness (QED) is 0.880. The minimum absolute atomic E-state index is 0.778. The average Bonchev–Trinajstić information content (AvgIpc) is 2.79. The Morgan fingerprint density at radius 1 is 1.38 bits per heavy atom. The van der Waals surface area contributed by atoms with Gasteiger partial charge in [-0.05, 0) is 18.2 Å². The number of hydrogen-bond donors (Lipinski definition) is 1. The van der Waals surface area contributed by atoms with Gasteiger partial charge in [0, 0.05) is 30.9 Å². The number of aromatic nitrogens is 1. The molecule has 0 fully saturated rings. The minimum Gasteiger partial charge on any atom is -0.379 e. The second kappa shape index (κ2) is 4.99. The first-order chi connectivity index (χ1) is 7.75. The van der Waals surface area contributed by atoms with Gasteiger partial charge in [0.1, 0.15) is 0 Å². The van der Waals surface area contributed by atoms with Crippen LogP contribution in [0.15, 0.2) is 35.2 Å². The fraction of sp³-hybridized carbons (Fsp3) is 0.250. The lowest BCUT2D eigenvalue weighted by Crippen LogP contribution is -2.09. The number of benzene rings is 1. The Morgan fingerprint density at radius 3 is 2.94 bits per heavy atom. The van der Waals surface area contributed by atoms with Crippen molar-refractivity contribution in [3.05, 3.63) is 40.8 Å². The van der Waals surface area contributed by atoms with Crippen molar-refractivity contribution in [2.75, 3.05) is 24.3 Å². The summed E-state index contributed by atoms with van der Waals surface area (Å²) < 4.78 is 0. The highest BCUT2D eigenvalue weighted by Crippen LogP contribution is 2.17. The van der Waals surface area contributed by atoms with E-state index in [1.807, 2.05) is 19.6 Å². The van der Waals surface area contributed by atoms with Crippen molar-refractivity contribution in [3.8, 4) is 0 Å². The Labute approximate surface area is 99.8 Å². The summed E-state index contributed by atoms with van der Waals surface area (Å²) >= 11 is 1.62. The van der Waals surface area contributed by atoms with Gasteiger partial charge in [0.25, 0.3) is 0 Å². The van der Waals surface area contributed by atoms with Gasteiger partial charge in [-0.3, -0.25) is 0 Å². The molecule has 16 heavy (non-hydrogen) atoms. The summed E-state index contributed by atoms with van der Waals surface area (Å²) in [6, 6.07) is 8.35. The van der Waals surface area contributed by atoms with E-state index in [-0.39, 0.29) is 0 Å². The van der Waals surface area contributed by atoms with Crippen molar-refractivity contribution in [2.24, 2.45) is 0 Å². The molecule has 0 atom stereocenters. The summed E-state index contributed by atoms with van der Waals surface area (Å²) in [6.45, 7) is 0.778. The van der Waals surface area contributed by atoms with Crippen LogP contribution in [0.2, 0.25) is 0 Å². The first-order valence-corrected chi connectivity index (χ1v) is 6.08. The highest BCUT2D eigenvalue weighted by Gasteiger charge is 1.98. The maximum Gasteiger partial charge on any atom is 0.0795 e. The molecule has 3 nitrogen and oxygen atoms in total. The lowest BCUT2D eigenvalue weighted by atomic mass is 10.2. The van der Waals surface area contributed by atoms with Crippen LogP contribution in [0, 0.1) is 0 Å². The summed E-state index contributed by atoms with van der Waals surface area (Å²) in [5, 5.41) is 5.42. The summed E-state index contributed by atoms with van der Waals surface area (Å²) in [5.41, 5.74) is 5.26. The van der Waals surface area contributed by atoms with Crippen LogP contribution in [0.1, 0.15) is 5.69 Å². The standard InChI is InChI=1S/C12H15N3S/c1-15(2)12-5-3-4-10(6-12)13-7-11-8-16-9-14-11/h3-6,8-9,13H,7H2,1-2H3. The molecule has 84 valence electrons. The molecule has 0 saturated heterocycles. The molecule has 0 amide bonds. The molecule has 4 heteroatoms. The number of nitrogens with one attached hydrogen (secondary N) is 1. The second-order valence-electron chi connectivity index (χ2n) is 3.78. The Bertz CT molecular complexity index is 437. The van der Waals surface area contributed by atoms with Gasteiger partial charge in [-0.15, -0.1) is 11.3 Å². The van der Waals surface area contributed by atoms with Crippen LogP contribution >= 0.6 is 11.3 Å². The van der Waals surface area contributed by atoms with Crippen molar-refractivity contribution in [1.82, 2.24) is 4.98 Å². The third-order valence-corrected chi connectivity index (χ3v) is 2.95. The molecule has 1 aromatic carbocycles. The van der Waals surface area contributed by atoms with Crippen LogP contribution in [-0.4, -0.2) is 19.1 Å². The fourth-order valence-electron chi connectivity index (χ4n) is 1.41. The summed E-state index contributed by atoms with van der Waals surface area (Å²) in [4.78, 5) is 6.33. The molecule has 0 radical (unpaired) electrons. The minimum atomic E-state index is 0.778. The second-order valence-corrected chi connectivity index (χ2v) is 4.50. The van der Waals surface area contributed by atoms with Crippen LogP contribution in [0.4, 0.5) is 11.4 Å². The zero-order valence-corrected chi connectivity index (χ0v) is 10.3. The highest BCUT2D eigenvalue weighted by atomic mass is 32.1. The topological polar surface area (TPSA) is 28.2 Å². The molecule has 1 N–H and O–H groups in total. The molecule has 2 rings (SSSR count). The van der Waals surface area contributed by atoms with Gasteiger partial charge in [-0.1, -0.05) is 6.07 Å². The van der Waals surface area contributed by atoms with E-state index in [1.165, 1.54) is 5.69 Å². The molecule has 2 aromatic rings. The number of thiazole rings is 1. The maximum atomic E-state index is 4.23. The van der Waals surface area contributed by atoms with Gasteiger partial charge in [0.05, 0.1) is 17.7 Å². The molecule has 1 aromatic heterocycles. The molecular weight excluding hydrogens is 218 g/mol. The van der Waals surface area contributed by atoms with Gasteiger partial charge in [-0.2, -0.15) is 0 Å². The van der Waals surface area contributed by atoms with E-state index in [2.05, 4.69) is 44.8 Å². The molecule has 0 unspecified atom stereocenters. The predicted octanol–water partition coefficient (Wildman–Crippen LogP) is 2.82. The maximum absolute atomic E-state index is 4.23. The molecule has 0 spiro atoms. The van der Waals surface area contributed by atoms with Crippen molar-refractivity contribution >= 4 is 22.7 Å². The number of nitrogens with zero attached hydrogens (tertiary/aromatic N) is 2. The zero-order chi connectivity index (χ0) is 11.4.